The minimum absolute atomic E-state index is 0.00164. The van der Waals surface area contributed by atoms with E-state index in [0.29, 0.717) is 28.9 Å². The molecule has 2 atom stereocenters. The maximum Gasteiger partial charge on any atom is 0.412 e. The van der Waals surface area contributed by atoms with Gasteiger partial charge in [-0.25, -0.2) is 14.0 Å². The number of carboxylic acids is 1. The molecule has 47 heavy (non-hydrogen) atoms. The Morgan fingerprint density at radius 3 is 2.40 bits per heavy atom. The number of carboxylic acid groups (broad SMARTS) is 1. The van der Waals surface area contributed by atoms with Crippen molar-refractivity contribution in [3.05, 3.63) is 95.3 Å². The van der Waals surface area contributed by atoms with Crippen LogP contribution in [-0.2, 0) is 20.7 Å². The van der Waals surface area contributed by atoms with Crippen molar-refractivity contribution in [1.29, 1.82) is 0 Å². The van der Waals surface area contributed by atoms with Crippen LogP contribution in [-0.4, -0.2) is 51.1 Å². The lowest BCUT2D eigenvalue weighted by Crippen LogP contribution is -2.45. The molecule has 4 aromatic rings. The molecule has 0 spiro atoms. The third kappa shape index (κ3) is 8.54. The van der Waals surface area contributed by atoms with Crippen molar-refractivity contribution < 1.29 is 33.1 Å². The van der Waals surface area contributed by atoms with E-state index in [2.05, 4.69) is 25.8 Å². The van der Waals surface area contributed by atoms with Crippen LogP contribution in [0.1, 0.15) is 43.9 Å². The van der Waals surface area contributed by atoms with Gasteiger partial charge >= 0.3 is 12.1 Å². The van der Waals surface area contributed by atoms with Crippen molar-refractivity contribution in [3.63, 3.8) is 0 Å². The van der Waals surface area contributed by atoms with Crippen LogP contribution < -0.4 is 10.6 Å². The topological polar surface area (TPSA) is 156 Å². The van der Waals surface area contributed by atoms with Gasteiger partial charge in [0.05, 0.1) is 17.2 Å². The van der Waals surface area contributed by atoms with Crippen molar-refractivity contribution in [3.8, 4) is 22.8 Å². The number of amides is 2. The molecule has 0 bridgehead atoms. The number of ether oxygens (including phenoxy) is 1. The summed E-state index contributed by atoms with van der Waals surface area (Å²) < 4.78 is 25.8. The van der Waals surface area contributed by atoms with Crippen molar-refractivity contribution in [2.45, 2.75) is 52.2 Å². The Labute approximate surface area is 270 Å². The molecule has 1 aliphatic heterocycles. The van der Waals surface area contributed by atoms with Gasteiger partial charge in [0.2, 0.25) is 11.7 Å². The number of aliphatic carboxylic acids is 1. The van der Waals surface area contributed by atoms with Crippen molar-refractivity contribution in [2.24, 2.45) is 10.9 Å². The largest absolute Gasteiger partial charge is 0.480 e. The fourth-order valence-electron chi connectivity index (χ4n) is 4.79. The van der Waals surface area contributed by atoms with Gasteiger partial charge in [0.25, 0.3) is 5.89 Å². The number of aryl methyl sites for hydroxylation is 1. The number of nitrogens with zero attached hydrogens (tertiary/aromatic N) is 3. The first-order valence-corrected chi connectivity index (χ1v) is 14.9. The Hall–Kier alpha value is -5.65. The van der Waals surface area contributed by atoms with Gasteiger partial charge in [0.1, 0.15) is 17.5 Å². The number of rotatable bonds is 9. The second-order valence-corrected chi connectivity index (χ2v) is 12.1. The lowest BCUT2D eigenvalue weighted by molar-refractivity contribution is -0.142. The van der Waals surface area contributed by atoms with E-state index in [-0.39, 0.29) is 23.7 Å². The Morgan fingerprint density at radius 1 is 1.04 bits per heavy atom. The van der Waals surface area contributed by atoms with E-state index in [1.807, 2.05) is 31.2 Å². The zero-order valence-electron chi connectivity index (χ0n) is 26.3. The highest BCUT2D eigenvalue weighted by atomic mass is 19.1. The SMILES string of the molecule is Cc1ccc(C2=CC(C(=O)NC(Cc3ccc(-c4noc(-c5ccc(NC(=O)OC(C)(C)C)cc5)n4)c(F)c3)C(=O)O)CC=N2)cc1. The number of hydrogen-bond acceptors (Lipinski definition) is 8. The van der Waals surface area contributed by atoms with E-state index in [1.165, 1.54) is 12.1 Å². The van der Waals surface area contributed by atoms with Gasteiger partial charge in [-0.15, -0.1) is 0 Å². The summed E-state index contributed by atoms with van der Waals surface area (Å²) >= 11 is 0. The van der Waals surface area contributed by atoms with Crippen molar-refractivity contribution >= 4 is 35.6 Å². The molecule has 2 unspecified atom stereocenters. The summed E-state index contributed by atoms with van der Waals surface area (Å²) in [6.07, 6.45) is 2.96. The standard InChI is InChI=1S/C35H34FN5O6/c1-20-5-8-22(9-6-20)28-19-24(15-16-37-28)31(42)39-29(33(43)44)18-21-7-14-26(27(36)17-21)30-40-32(47-41-30)23-10-12-25(13-11-23)38-34(45)46-35(2,3)4/h5-14,16-17,19,24,29H,15,18H2,1-4H3,(H,38,45)(H,39,42)(H,43,44). The van der Waals surface area contributed by atoms with Crippen LogP contribution in [0.2, 0.25) is 0 Å². The molecule has 3 aromatic carbocycles. The predicted molar refractivity (Wildman–Crippen MR) is 174 cm³/mol. The second-order valence-electron chi connectivity index (χ2n) is 12.1. The maximum atomic E-state index is 15.2. The number of hydrogen-bond donors (Lipinski definition) is 3. The van der Waals surface area contributed by atoms with Crippen LogP contribution in [0.25, 0.3) is 28.5 Å². The number of nitrogens with one attached hydrogen (secondary N) is 2. The van der Waals surface area contributed by atoms with Crippen LogP contribution in [0.15, 0.2) is 82.3 Å². The van der Waals surface area contributed by atoms with Crippen LogP contribution in [0.5, 0.6) is 0 Å². The summed E-state index contributed by atoms with van der Waals surface area (Å²) in [7, 11) is 0. The smallest absolute Gasteiger partial charge is 0.412 e. The van der Waals surface area contributed by atoms with Crippen LogP contribution in [0.3, 0.4) is 0 Å². The first kappa shape index (κ1) is 32.7. The molecule has 12 heteroatoms. The molecule has 1 aliphatic rings. The third-order valence-corrected chi connectivity index (χ3v) is 7.16. The van der Waals surface area contributed by atoms with E-state index in [0.717, 1.165) is 11.1 Å². The lowest BCUT2D eigenvalue weighted by atomic mass is 9.97. The van der Waals surface area contributed by atoms with E-state index in [1.54, 1.807) is 63.4 Å². The Balaban J connectivity index is 1.23. The van der Waals surface area contributed by atoms with Gasteiger partial charge in [-0.1, -0.05) is 41.1 Å². The molecule has 0 saturated heterocycles. The number of carbonyl (C=O) groups is 3. The van der Waals surface area contributed by atoms with Gasteiger partial charge in [-0.2, -0.15) is 4.98 Å². The molecule has 5 rings (SSSR count). The molecular formula is C35H34FN5O6. The van der Waals surface area contributed by atoms with Gasteiger partial charge in [-0.05, 0) is 87.7 Å². The van der Waals surface area contributed by atoms with E-state index < -0.39 is 41.3 Å². The van der Waals surface area contributed by atoms with Crippen LogP contribution in [0.4, 0.5) is 14.9 Å². The molecule has 3 N–H and O–H groups in total. The van der Waals surface area contributed by atoms with E-state index >= 15 is 4.39 Å². The summed E-state index contributed by atoms with van der Waals surface area (Å²) in [5, 5.41) is 19.0. The summed E-state index contributed by atoms with van der Waals surface area (Å²) in [5.74, 6) is -2.86. The first-order chi connectivity index (χ1) is 22.3. The van der Waals surface area contributed by atoms with Crippen molar-refractivity contribution in [2.75, 3.05) is 5.32 Å². The maximum absolute atomic E-state index is 15.2. The molecule has 1 aromatic heterocycles. The Morgan fingerprint density at radius 2 is 1.74 bits per heavy atom. The van der Waals surface area contributed by atoms with Crippen LogP contribution >= 0.6 is 0 Å². The fourth-order valence-corrected chi connectivity index (χ4v) is 4.79. The van der Waals surface area contributed by atoms with Gasteiger partial charge in [0, 0.05) is 23.9 Å². The number of carbonyl (C=O) groups excluding carboxylic acids is 2. The molecule has 2 amide bonds. The van der Waals surface area contributed by atoms with Gasteiger partial charge in [-0.3, -0.25) is 15.1 Å². The number of benzene rings is 3. The van der Waals surface area contributed by atoms with Crippen molar-refractivity contribution in [1.82, 2.24) is 15.5 Å². The predicted octanol–water partition coefficient (Wildman–Crippen LogP) is 6.44. The number of halogens is 1. The Kier molecular flexibility index (Phi) is 9.59. The lowest BCUT2D eigenvalue weighted by Gasteiger charge is -2.20. The zero-order valence-corrected chi connectivity index (χ0v) is 26.3. The summed E-state index contributed by atoms with van der Waals surface area (Å²) in [6.45, 7) is 7.27. The highest BCUT2D eigenvalue weighted by Crippen LogP contribution is 2.27. The average molecular weight is 640 g/mol. The minimum Gasteiger partial charge on any atom is -0.480 e. The molecule has 0 aliphatic carbocycles. The summed E-state index contributed by atoms with van der Waals surface area (Å²) in [5.41, 5.74) is 3.40. The zero-order chi connectivity index (χ0) is 33.7. The highest BCUT2D eigenvalue weighted by molar-refractivity contribution is 5.91. The average Bonchev–Trinajstić information content (AvgIpc) is 3.50. The quantitative estimate of drug-likeness (QED) is 0.189. The third-order valence-electron chi connectivity index (χ3n) is 7.16. The van der Waals surface area contributed by atoms with Crippen LogP contribution in [0, 0.1) is 18.7 Å². The molecule has 0 fully saturated rings. The minimum atomic E-state index is -1.28. The number of anilines is 1. The molecular weight excluding hydrogens is 605 g/mol. The number of aliphatic imine (C=N–C) groups is 1. The normalized spacial score (nSPS) is 15.0. The van der Waals surface area contributed by atoms with E-state index in [9.17, 15) is 19.5 Å². The number of aromatic nitrogens is 2. The molecule has 242 valence electrons. The van der Waals surface area contributed by atoms with E-state index in [4.69, 9.17) is 9.26 Å². The summed E-state index contributed by atoms with van der Waals surface area (Å²) in [4.78, 5) is 45.8. The molecule has 11 nitrogen and oxygen atoms in total. The Bertz CT molecular complexity index is 1840. The second kappa shape index (κ2) is 13.8. The van der Waals surface area contributed by atoms with Gasteiger partial charge in [0.15, 0.2) is 0 Å². The molecule has 0 saturated carbocycles. The summed E-state index contributed by atoms with van der Waals surface area (Å²) in [6, 6.07) is 17.2. The molecule has 0 radical (unpaired) electrons. The highest BCUT2D eigenvalue weighted by Gasteiger charge is 2.26. The monoisotopic (exact) mass is 639 g/mol. The first-order valence-electron chi connectivity index (χ1n) is 14.9. The fraction of sp³-hybridized carbons (Fsp3) is 0.257. The van der Waals surface area contributed by atoms with Gasteiger partial charge < -0.3 is 19.7 Å². The molecule has 2 heterocycles.